The van der Waals surface area contributed by atoms with E-state index in [1.807, 2.05) is 12.1 Å². The van der Waals surface area contributed by atoms with Gasteiger partial charge < -0.3 is 10.2 Å². The first kappa shape index (κ1) is 23.7. The Bertz CT molecular complexity index is 677. The monoisotopic (exact) mass is 410 g/mol. The minimum absolute atomic E-state index is 0.238. The van der Waals surface area contributed by atoms with Gasteiger partial charge in [-0.2, -0.15) is 0 Å². The van der Waals surface area contributed by atoms with Crippen LogP contribution in [0.5, 0.6) is 0 Å². The highest BCUT2D eigenvalue weighted by Crippen LogP contribution is 2.40. The van der Waals surface area contributed by atoms with Crippen molar-refractivity contribution in [3.8, 4) is 0 Å². The summed E-state index contributed by atoms with van der Waals surface area (Å²) < 4.78 is 0. The molecule has 4 heteroatoms. The third kappa shape index (κ3) is 8.81. The summed E-state index contributed by atoms with van der Waals surface area (Å²) in [5, 5.41) is 17.8. The zero-order valence-corrected chi connectivity index (χ0v) is 17.7. The summed E-state index contributed by atoms with van der Waals surface area (Å²) in [6.45, 7) is 0. The lowest BCUT2D eigenvalue weighted by atomic mass is 9.76. The van der Waals surface area contributed by atoms with E-state index in [4.69, 9.17) is 10.2 Å². The first-order chi connectivity index (χ1) is 14.6. The highest BCUT2D eigenvalue weighted by molar-refractivity contribution is 5.66. The maximum Gasteiger partial charge on any atom is 0.303 e. The summed E-state index contributed by atoms with van der Waals surface area (Å²) >= 11 is 0. The van der Waals surface area contributed by atoms with Crippen molar-refractivity contribution < 1.29 is 19.8 Å². The Morgan fingerprint density at radius 3 is 1.27 bits per heavy atom. The largest absolute Gasteiger partial charge is 0.481 e. The molecule has 0 saturated heterocycles. The number of benzene rings is 2. The van der Waals surface area contributed by atoms with Crippen molar-refractivity contribution in [1.82, 2.24) is 0 Å². The standard InChI is InChI=1S/C26H34O4/c27-25(28)19-11-3-9-17-23(21-13-5-1-6-14-21)24(22-15-7-2-8-16-22)18-10-4-12-20-26(29)30/h1-2,5-8,13-16,23-24H,3-4,9-12,17-20H2,(H,27,28)(H,29,30). The summed E-state index contributed by atoms with van der Waals surface area (Å²) in [6, 6.07) is 21.2. The number of aliphatic carboxylic acids is 2. The first-order valence-corrected chi connectivity index (χ1v) is 11.1. The summed E-state index contributed by atoms with van der Waals surface area (Å²) in [5.41, 5.74) is 2.66. The smallest absolute Gasteiger partial charge is 0.303 e. The molecule has 2 aromatic carbocycles. The van der Waals surface area contributed by atoms with Crippen LogP contribution in [0.1, 0.15) is 87.2 Å². The van der Waals surface area contributed by atoms with Gasteiger partial charge in [-0.05, 0) is 48.6 Å². The van der Waals surface area contributed by atoms with Crippen LogP contribution in [0.3, 0.4) is 0 Å². The third-order valence-electron chi connectivity index (χ3n) is 5.75. The molecule has 2 atom stereocenters. The fraction of sp³-hybridized carbons (Fsp3) is 0.462. The Labute approximate surface area is 180 Å². The van der Waals surface area contributed by atoms with Gasteiger partial charge in [0.25, 0.3) is 0 Å². The number of rotatable bonds is 15. The van der Waals surface area contributed by atoms with Gasteiger partial charge >= 0.3 is 11.9 Å². The minimum Gasteiger partial charge on any atom is -0.481 e. The second kappa shape index (κ2) is 13.6. The highest BCUT2D eigenvalue weighted by Gasteiger charge is 2.24. The summed E-state index contributed by atoms with van der Waals surface area (Å²) in [4.78, 5) is 21.6. The molecular weight excluding hydrogens is 376 g/mol. The number of hydrogen-bond donors (Lipinski definition) is 2. The summed E-state index contributed by atoms with van der Waals surface area (Å²) in [6.07, 6.45) is 7.85. The predicted molar refractivity (Wildman–Crippen MR) is 120 cm³/mol. The van der Waals surface area contributed by atoms with Crippen molar-refractivity contribution >= 4 is 11.9 Å². The maximum atomic E-state index is 10.8. The fourth-order valence-electron chi connectivity index (χ4n) is 4.24. The highest BCUT2D eigenvalue weighted by atomic mass is 16.4. The lowest BCUT2D eigenvalue weighted by Crippen LogP contribution is -2.12. The fourth-order valence-corrected chi connectivity index (χ4v) is 4.24. The van der Waals surface area contributed by atoms with Crippen LogP contribution in [-0.2, 0) is 9.59 Å². The Kier molecular flexibility index (Phi) is 10.7. The molecule has 0 amide bonds. The van der Waals surface area contributed by atoms with E-state index in [-0.39, 0.29) is 12.8 Å². The van der Waals surface area contributed by atoms with Crippen LogP contribution in [-0.4, -0.2) is 22.2 Å². The molecule has 162 valence electrons. The van der Waals surface area contributed by atoms with Crippen molar-refractivity contribution in [3.63, 3.8) is 0 Å². The van der Waals surface area contributed by atoms with Crippen LogP contribution < -0.4 is 0 Å². The quantitative estimate of drug-likeness (QED) is 0.323. The van der Waals surface area contributed by atoms with Crippen LogP contribution >= 0.6 is 0 Å². The van der Waals surface area contributed by atoms with E-state index in [1.165, 1.54) is 11.1 Å². The maximum absolute atomic E-state index is 10.8. The molecule has 30 heavy (non-hydrogen) atoms. The average molecular weight is 411 g/mol. The van der Waals surface area contributed by atoms with Gasteiger partial charge in [0.1, 0.15) is 0 Å². The molecule has 2 rings (SSSR count). The van der Waals surface area contributed by atoms with Gasteiger partial charge in [-0.25, -0.2) is 0 Å². The van der Waals surface area contributed by atoms with E-state index in [0.29, 0.717) is 11.8 Å². The normalized spacial score (nSPS) is 12.9. The van der Waals surface area contributed by atoms with E-state index in [0.717, 1.165) is 51.4 Å². The lowest BCUT2D eigenvalue weighted by molar-refractivity contribution is -0.138. The molecule has 0 aromatic heterocycles. The molecule has 0 bridgehead atoms. The number of unbranched alkanes of at least 4 members (excludes halogenated alkanes) is 4. The SMILES string of the molecule is O=C(O)CCCCCC(c1ccccc1)C(CCCCCC(=O)O)c1ccccc1. The molecule has 0 spiro atoms. The van der Waals surface area contributed by atoms with E-state index in [1.54, 1.807) is 0 Å². The molecule has 0 aliphatic heterocycles. The van der Waals surface area contributed by atoms with Crippen LogP contribution in [0.25, 0.3) is 0 Å². The van der Waals surface area contributed by atoms with Crippen molar-refractivity contribution in [2.45, 2.75) is 76.0 Å². The molecule has 0 fully saturated rings. The summed E-state index contributed by atoms with van der Waals surface area (Å²) in [5.74, 6) is -0.702. The second-order valence-electron chi connectivity index (χ2n) is 8.02. The topological polar surface area (TPSA) is 74.6 Å². The first-order valence-electron chi connectivity index (χ1n) is 11.1. The number of hydrogen-bond acceptors (Lipinski definition) is 2. The van der Waals surface area contributed by atoms with Gasteiger partial charge in [-0.3, -0.25) is 9.59 Å². The molecule has 2 unspecified atom stereocenters. The zero-order chi connectivity index (χ0) is 21.6. The van der Waals surface area contributed by atoms with Crippen LogP contribution in [0.4, 0.5) is 0 Å². The van der Waals surface area contributed by atoms with Crippen molar-refractivity contribution in [3.05, 3.63) is 71.8 Å². The van der Waals surface area contributed by atoms with Crippen molar-refractivity contribution in [2.24, 2.45) is 0 Å². The molecule has 4 nitrogen and oxygen atoms in total. The van der Waals surface area contributed by atoms with Crippen LogP contribution in [0, 0.1) is 0 Å². The van der Waals surface area contributed by atoms with Crippen LogP contribution in [0.15, 0.2) is 60.7 Å². The summed E-state index contributed by atoms with van der Waals surface area (Å²) in [7, 11) is 0. The molecule has 0 heterocycles. The van der Waals surface area contributed by atoms with E-state index in [2.05, 4.69) is 48.5 Å². The molecule has 2 N–H and O–H groups in total. The van der Waals surface area contributed by atoms with Gasteiger partial charge in [-0.15, -0.1) is 0 Å². The van der Waals surface area contributed by atoms with Gasteiger partial charge in [0.05, 0.1) is 0 Å². The molecule has 0 aliphatic rings. The molecule has 2 aromatic rings. The van der Waals surface area contributed by atoms with Crippen molar-refractivity contribution in [2.75, 3.05) is 0 Å². The minimum atomic E-state index is -0.724. The number of carboxylic acids is 2. The van der Waals surface area contributed by atoms with Gasteiger partial charge in [0.15, 0.2) is 0 Å². The molecule has 0 saturated carbocycles. The van der Waals surface area contributed by atoms with E-state index in [9.17, 15) is 9.59 Å². The Hall–Kier alpha value is -2.62. The predicted octanol–water partition coefficient (Wildman–Crippen LogP) is 6.62. The van der Waals surface area contributed by atoms with E-state index >= 15 is 0 Å². The molecule has 0 radical (unpaired) electrons. The number of carboxylic acid groups (broad SMARTS) is 2. The molecular formula is C26H34O4. The average Bonchev–Trinajstić information content (AvgIpc) is 2.75. The Balaban J connectivity index is 2.10. The van der Waals surface area contributed by atoms with Gasteiger partial charge in [0.2, 0.25) is 0 Å². The Morgan fingerprint density at radius 2 is 0.933 bits per heavy atom. The lowest BCUT2D eigenvalue weighted by Gasteiger charge is -2.29. The molecule has 0 aliphatic carbocycles. The zero-order valence-electron chi connectivity index (χ0n) is 17.7. The van der Waals surface area contributed by atoms with Gasteiger partial charge in [-0.1, -0.05) is 86.3 Å². The second-order valence-corrected chi connectivity index (χ2v) is 8.02. The van der Waals surface area contributed by atoms with Crippen molar-refractivity contribution in [1.29, 1.82) is 0 Å². The van der Waals surface area contributed by atoms with Crippen LogP contribution in [0.2, 0.25) is 0 Å². The van der Waals surface area contributed by atoms with E-state index < -0.39 is 11.9 Å². The number of carbonyl (C=O) groups is 2. The third-order valence-corrected chi connectivity index (χ3v) is 5.75. The van der Waals surface area contributed by atoms with Gasteiger partial charge in [0, 0.05) is 12.8 Å². The Morgan fingerprint density at radius 1 is 0.567 bits per heavy atom.